The summed E-state index contributed by atoms with van der Waals surface area (Å²) in [6, 6.07) is 11.6. The number of nitrogens with zero attached hydrogens (tertiary/aromatic N) is 7. The zero-order valence-electron chi connectivity index (χ0n) is 18.7. The molecule has 0 spiro atoms. The molecule has 4 rings (SSSR count). The Morgan fingerprint density at radius 2 is 1.88 bits per heavy atom. The molecule has 0 aliphatic carbocycles. The third-order valence-corrected chi connectivity index (χ3v) is 5.36. The minimum absolute atomic E-state index is 0.257. The number of tetrazole rings is 1. The lowest BCUT2D eigenvalue weighted by Gasteiger charge is -2.10. The molecule has 8 nitrogen and oxygen atoms in total. The fourth-order valence-corrected chi connectivity index (χ4v) is 3.64. The first-order valence-electron chi connectivity index (χ1n) is 11.1. The number of rotatable bonds is 10. The summed E-state index contributed by atoms with van der Waals surface area (Å²) in [6.07, 6.45) is 4.23. The number of hydrogen-bond acceptors (Lipinski definition) is 6. The number of aromatic nitrogens is 8. The maximum atomic E-state index is 14.4. The minimum Gasteiger partial charge on any atom is -0.252 e. The Kier molecular flexibility index (Phi) is 6.81. The topological polar surface area (TPSA) is 98.1 Å². The quantitative estimate of drug-likeness (QED) is 0.371. The molecule has 0 saturated heterocycles. The molecule has 0 aliphatic heterocycles. The van der Waals surface area contributed by atoms with Gasteiger partial charge in [0, 0.05) is 24.6 Å². The van der Waals surface area contributed by atoms with Crippen molar-refractivity contribution in [1.29, 1.82) is 0 Å². The second-order valence-electron chi connectivity index (χ2n) is 7.90. The lowest BCUT2D eigenvalue weighted by Crippen LogP contribution is -2.15. The van der Waals surface area contributed by atoms with Gasteiger partial charge >= 0.3 is 5.92 Å². The number of benzene rings is 1. The third-order valence-electron chi connectivity index (χ3n) is 5.36. The standard InChI is InChI=1S/C23H26F2N8/c1-3-5-8-19-27-22(23(24,25)13-4-2)30-33(19)15-16-9-11-17(12-10-16)18-7-6-14-26-20(18)21-28-31-32-29-21/h6-7,9-12,14H,3-5,8,13,15H2,1-2H3,(H,28,29,31,32). The van der Waals surface area contributed by atoms with E-state index in [1.54, 1.807) is 17.8 Å². The van der Waals surface area contributed by atoms with Crippen molar-refractivity contribution >= 4 is 0 Å². The molecule has 0 saturated carbocycles. The van der Waals surface area contributed by atoms with Crippen LogP contribution in [0.25, 0.3) is 22.6 Å². The number of pyridine rings is 1. The molecule has 0 fully saturated rings. The molecule has 4 aromatic rings. The summed E-state index contributed by atoms with van der Waals surface area (Å²) in [6.45, 7) is 4.17. The lowest BCUT2D eigenvalue weighted by molar-refractivity contribution is -0.0232. The number of unbranched alkanes of at least 4 members (excludes halogenated alkanes) is 1. The van der Waals surface area contributed by atoms with E-state index in [2.05, 4.69) is 42.6 Å². The Labute approximate surface area is 190 Å². The van der Waals surface area contributed by atoms with Crippen molar-refractivity contribution in [2.45, 2.75) is 58.4 Å². The van der Waals surface area contributed by atoms with E-state index in [0.717, 1.165) is 29.5 Å². The smallest absolute Gasteiger partial charge is 0.252 e. The molecule has 0 radical (unpaired) electrons. The van der Waals surface area contributed by atoms with Crippen LogP contribution in [0, 0.1) is 0 Å². The summed E-state index contributed by atoms with van der Waals surface area (Å²) in [5.41, 5.74) is 3.37. The van der Waals surface area contributed by atoms with Crippen LogP contribution in [0.15, 0.2) is 42.6 Å². The second kappa shape index (κ2) is 9.93. The molecule has 10 heteroatoms. The van der Waals surface area contributed by atoms with Gasteiger partial charge in [-0.25, -0.2) is 9.67 Å². The number of aromatic amines is 1. The summed E-state index contributed by atoms with van der Waals surface area (Å²) in [7, 11) is 0. The predicted molar refractivity (Wildman–Crippen MR) is 119 cm³/mol. The van der Waals surface area contributed by atoms with Crippen molar-refractivity contribution in [3.8, 4) is 22.6 Å². The molecule has 3 aromatic heterocycles. The lowest BCUT2D eigenvalue weighted by atomic mass is 10.0. The Morgan fingerprint density at radius 1 is 1.06 bits per heavy atom. The van der Waals surface area contributed by atoms with Crippen LogP contribution < -0.4 is 0 Å². The van der Waals surface area contributed by atoms with Gasteiger partial charge in [-0.3, -0.25) is 4.98 Å². The number of H-pyrrole nitrogens is 1. The fourth-order valence-electron chi connectivity index (χ4n) is 3.64. The average Bonchev–Trinajstić information content (AvgIpc) is 3.49. The highest BCUT2D eigenvalue weighted by molar-refractivity contribution is 5.77. The van der Waals surface area contributed by atoms with Gasteiger partial charge in [-0.15, -0.1) is 15.3 Å². The number of hydrogen-bond donors (Lipinski definition) is 1. The summed E-state index contributed by atoms with van der Waals surface area (Å²) in [4.78, 5) is 8.60. The molecule has 172 valence electrons. The molecule has 0 aliphatic rings. The first kappa shape index (κ1) is 22.6. The number of alkyl halides is 2. The SMILES string of the molecule is CCCCc1nc(C(F)(F)CCC)nn1Cc1ccc(-c2cccnc2-c2nn[nH]n2)cc1. The van der Waals surface area contributed by atoms with Crippen LogP contribution in [0.1, 0.15) is 56.7 Å². The van der Waals surface area contributed by atoms with Crippen molar-refractivity contribution in [2.75, 3.05) is 0 Å². The van der Waals surface area contributed by atoms with Gasteiger partial charge in [-0.1, -0.05) is 50.6 Å². The fraction of sp³-hybridized carbons (Fsp3) is 0.391. The molecule has 0 amide bonds. The van der Waals surface area contributed by atoms with E-state index in [4.69, 9.17) is 0 Å². The number of aryl methyl sites for hydroxylation is 1. The van der Waals surface area contributed by atoms with Crippen LogP contribution in [-0.4, -0.2) is 40.4 Å². The zero-order chi connectivity index (χ0) is 23.3. The van der Waals surface area contributed by atoms with Gasteiger partial charge in [0.25, 0.3) is 0 Å². The average molecular weight is 453 g/mol. The van der Waals surface area contributed by atoms with Crippen molar-refractivity contribution < 1.29 is 8.78 Å². The Balaban J connectivity index is 1.59. The molecular weight excluding hydrogens is 426 g/mol. The molecule has 3 heterocycles. The molecule has 1 N–H and O–H groups in total. The molecule has 33 heavy (non-hydrogen) atoms. The van der Waals surface area contributed by atoms with Crippen LogP contribution in [0.4, 0.5) is 8.78 Å². The van der Waals surface area contributed by atoms with E-state index in [9.17, 15) is 8.78 Å². The maximum absolute atomic E-state index is 14.4. The van der Waals surface area contributed by atoms with Gasteiger partial charge in [0.1, 0.15) is 11.5 Å². The molecule has 0 unspecified atom stereocenters. The van der Waals surface area contributed by atoms with Crippen molar-refractivity contribution in [2.24, 2.45) is 0 Å². The Morgan fingerprint density at radius 3 is 2.58 bits per heavy atom. The molecule has 0 bridgehead atoms. The van der Waals surface area contributed by atoms with Crippen molar-refractivity contribution in [3.05, 3.63) is 59.8 Å². The highest BCUT2D eigenvalue weighted by atomic mass is 19.3. The van der Waals surface area contributed by atoms with Crippen LogP contribution in [0.2, 0.25) is 0 Å². The van der Waals surface area contributed by atoms with E-state index >= 15 is 0 Å². The number of nitrogens with one attached hydrogen (secondary N) is 1. The molecular formula is C23H26F2N8. The van der Waals surface area contributed by atoms with Gasteiger partial charge < -0.3 is 0 Å². The number of halogens is 2. The summed E-state index contributed by atoms with van der Waals surface area (Å²) < 4.78 is 30.5. The van der Waals surface area contributed by atoms with E-state index in [1.807, 2.05) is 36.4 Å². The van der Waals surface area contributed by atoms with Crippen LogP contribution >= 0.6 is 0 Å². The van der Waals surface area contributed by atoms with Gasteiger partial charge in [-0.2, -0.15) is 14.0 Å². The van der Waals surface area contributed by atoms with Crippen LogP contribution in [0.5, 0.6) is 0 Å². The van der Waals surface area contributed by atoms with E-state index in [-0.39, 0.29) is 12.2 Å². The van der Waals surface area contributed by atoms with Crippen LogP contribution in [-0.2, 0) is 18.9 Å². The van der Waals surface area contributed by atoms with E-state index < -0.39 is 5.92 Å². The normalized spacial score (nSPS) is 11.8. The monoisotopic (exact) mass is 452 g/mol. The molecule has 0 atom stereocenters. The Hall–Kier alpha value is -3.56. The zero-order valence-corrected chi connectivity index (χ0v) is 18.7. The summed E-state index contributed by atoms with van der Waals surface area (Å²) >= 11 is 0. The van der Waals surface area contributed by atoms with Crippen LogP contribution in [0.3, 0.4) is 0 Å². The van der Waals surface area contributed by atoms with Crippen molar-refractivity contribution in [1.82, 2.24) is 40.4 Å². The molecule has 1 aromatic carbocycles. The van der Waals surface area contributed by atoms with E-state index in [1.165, 1.54) is 0 Å². The largest absolute Gasteiger partial charge is 0.308 e. The summed E-state index contributed by atoms with van der Waals surface area (Å²) in [5.74, 6) is -2.39. The first-order chi connectivity index (χ1) is 16.0. The van der Waals surface area contributed by atoms with Gasteiger partial charge in [0.2, 0.25) is 11.6 Å². The third kappa shape index (κ3) is 5.10. The van der Waals surface area contributed by atoms with Gasteiger partial charge in [0.05, 0.1) is 6.54 Å². The first-order valence-corrected chi connectivity index (χ1v) is 11.1. The highest BCUT2D eigenvalue weighted by Crippen LogP contribution is 2.31. The highest BCUT2D eigenvalue weighted by Gasteiger charge is 2.36. The minimum atomic E-state index is -3.02. The second-order valence-corrected chi connectivity index (χ2v) is 7.90. The van der Waals surface area contributed by atoms with Gasteiger partial charge in [-0.05, 0) is 35.2 Å². The predicted octanol–water partition coefficient (Wildman–Crippen LogP) is 4.80. The maximum Gasteiger partial charge on any atom is 0.308 e. The van der Waals surface area contributed by atoms with Crippen molar-refractivity contribution in [3.63, 3.8) is 0 Å². The summed E-state index contributed by atoms with van der Waals surface area (Å²) in [5, 5.41) is 18.3. The Bertz CT molecular complexity index is 1170. The van der Waals surface area contributed by atoms with E-state index in [0.29, 0.717) is 36.7 Å². The van der Waals surface area contributed by atoms with Gasteiger partial charge in [0.15, 0.2) is 0 Å².